The van der Waals surface area contributed by atoms with E-state index >= 15 is 0 Å². The summed E-state index contributed by atoms with van der Waals surface area (Å²) in [5, 5.41) is 12.6. The molecule has 0 fully saturated rings. The van der Waals surface area contributed by atoms with Crippen molar-refractivity contribution in [2.24, 2.45) is 0 Å². The van der Waals surface area contributed by atoms with Crippen LogP contribution in [0, 0.1) is 6.92 Å². The largest absolute Gasteiger partial charge is 0.493 e. The van der Waals surface area contributed by atoms with E-state index in [1.807, 2.05) is 0 Å². The van der Waals surface area contributed by atoms with Crippen molar-refractivity contribution in [3.63, 3.8) is 0 Å². The molecule has 1 aromatic carbocycles. The Morgan fingerprint density at radius 3 is 2.65 bits per heavy atom. The van der Waals surface area contributed by atoms with Gasteiger partial charge in [0.2, 0.25) is 0 Å². The number of rotatable bonds is 9. The van der Waals surface area contributed by atoms with Gasteiger partial charge in [-0.2, -0.15) is 0 Å². The van der Waals surface area contributed by atoms with Crippen molar-refractivity contribution in [3.05, 3.63) is 29.3 Å². The van der Waals surface area contributed by atoms with Crippen molar-refractivity contribution in [3.8, 4) is 5.75 Å². The maximum absolute atomic E-state index is 9.32. The van der Waals surface area contributed by atoms with E-state index in [-0.39, 0.29) is 12.6 Å². The normalized spacial score (nSPS) is 12.7. The highest BCUT2D eigenvalue weighted by atomic mass is 16.5. The molecule has 0 aliphatic heterocycles. The summed E-state index contributed by atoms with van der Waals surface area (Å²) in [6, 6.07) is 6.50. The second-order valence-corrected chi connectivity index (χ2v) is 5.67. The predicted molar refractivity (Wildman–Crippen MR) is 84.5 cm³/mol. The molecule has 3 nitrogen and oxygen atoms in total. The molecule has 1 aromatic rings. The van der Waals surface area contributed by atoms with Gasteiger partial charge in [0.15, 0.2) is 0 Å². The minimum Gasteiger partial charge on any atom is -0.493 e. The summed E-state index contributed by atoms with van der Waals surface area (Å²) in [4.78, 5) is 0. The van der Waals surface area contributed by atoms with Gasteiger partial charge < -0.3 is 15.2 Å². The zero-order valence-corrected chi connectivity index (χ0v) is 13.3. The highest BCUT2D eigenvalue weighted by Crippen LogP contribution is 2.27. The van der Waals surface area contributed by atoms with Crippen molar-refractivity contribution in [1.29, 1.82) is 0 Å². The first kappa shape index (κ1) is 17.0. The minimum atomic E-state index is 0.127. The lowest BCUT2D eigenvalue weighted by atomic mass is 10.0. The van der Waals surface area contributed by atoms with Crippen molar-refractivity contribution >= 4 is 0 Å². The van der Waals surface area contributed by atoms with E-state index in [9.17, 15) is 5.11 Å². The van der Waals surface area contributed by atoms with Crippen molar-refractivity contribution < 1.29 is 9.84 Å². The van der Waals surface area contributed by atoms with Crippen LogP contribution in [0.15, 0.2) is 18.2 Å². The average molecular weight is 279 g/mol. The van der Waals surface area contributed by atoms with Gasteiger partial charge in [-0.15, -0.1) is 0 Å². The number of ether oxygens (including phenoxy) is 1. The topological polar surface area (TPSA) is 41.5 Å². The fourth-order valence-electron chi connectivity index (χ4n) is 2.16. The molecule has 0 amide bonds. The van der Waals surface area contributed by atoms with Gasteiger partial charge in [-0.3, -0.25) is 0 Å². The van der Waals surface area contributed by atoms with Gasteiger partial charge in [-0.1, -0.05) is 32.9 Å². The van der Waals surface area contributed by atoms with E-state index in [1.165, 1.54) is 11.1 Å². The van der Waals surface area contributed by atoms with Crippen LogP contribution >= 0.6 is 0 Å². The van der Waals surface area contributed by atoms with E-state index < -0.39 is 0 Å². The molecule has 114 valence electrons. The molecular formula is C17H29NO2. The maximum atomic E-state index is 9.32. The third-order valence-electron chi connectivity index (χ3n) is 3.42. The van der Waals surface area contributed by atoms with Crippen molar-refractivity contribution in [1.82, 2.24) is 5.32 Å². The Hall–Kier alpha value is -1.06. The SMILES string of the molecule is CCCNC(CO)CCOc1cc(C)ccc1C(C)C. The van der Waals surface area contributed by atoms with Crippen LogP contribution in [-0.4, -0.2) is 30.9 Å². The summed E-state index contributed by atoms with van der Waals surface area (Å²) in [6.07, 6.45) is 1.90. The Kier molecular flexibility index (Phi) is 7.63. The van der Waals surface area contributed by atoms with Crippen LogP contribution in [0.3, 0.4) is 0 Å². The van der Waals surface area contributed by atoms with Crippen LogP contribution in [0.4, 0.5) is 0 Å². The number of nitrogens with one attached hydrogen (secondary N) is 1. The number of hydrogen-bond donors (Lipinski definition) is 2. The lowest BCUT2D eigenvalue weighted by Crippen LogP contribution is -2.34. The Morgan fingerprint density at radius 2 is 2.05 bits per heavy atom. The quantitative estimate of drug-likeness (QED) is 0.729. The molecule has 1 atom stereocenters. The first-order valence-corrected chi connectivity index (χ1v) is 7.66. The molecule has 0 bridgehead atoms. The molecule has 20 heavy (non-hydrogen) atoms. The lowest BCUT2D eigenvalue weighted by Gasteiger charge is -2.18. The van der Waals surface area contributed by atoms with E-state index in [1.54, 1.807) is 0 Å². The second-order valence-electron chi connectivity index (χ2n) is 5.67. The van der Waals surface area contributed by atoms with Crippen LogP contribution in [0.5, 0.6) is 5.75 Å². The Balaban J connectivity index is 2.54. The predicted octanol–water partition coefficient (Wildman–Crippen LogP) is 3.25. The second kappa shape index (κ2) is 8.98. The molecule has 3 heteroatoms. The molecular weight excluding hydrogens is 250 g/mol. The number of benzene rings is 1. The third-order valence-corrected chi connectivity index (χ3v) is 3.42. The molecule has 0 heterocycles. The van der Waals surface area contributed by atoms with Crippen molar-refractivity contribution in [2.75, 3.05) is 19.8 Å². The van der Waals surface area contributed by atoms with Gasteiger partial charge in [0.1, 0.15) is 5.75 Å². The zero-order valence-electron chi connectivity index (χ0n) is 13.3. The average Bonchev–Trinajstić information content (AvgIpc) is 2.42. The first-order valence-electron chi connectivity index (χ1n) is 7.66. The summed E-state index contributed by atoms with van der Waals surface area (Å²) in [6.45, 7) is 10.3. The summed E-state index contributed by atoms with van der Waals surface area (Å²) in [5.41, 5.74) is 2.46. The number of aliphatic hydroxyl groups is 1. The van der Waals surface area contributed by atoms with Crippen LogP contribution in [-0.2, 0) is 0 Å². The molecule has 0 aliphatic rings. The summed E-state index contributed by atoms with van der Waals surface area (Å²) < 4.78 is 5.94. The van der Waals surface area contributed by atoms with Gasteiger partial charge >= 0.3 is 0 Å². The molecule has 0 saturated carbocycles. The Morgan fingerprint density at radius 1 is 1.30 bits per heavy atom. The zero-order chi connectivity index (χ0) is 15.0. The van der Waals surface area contributed by atoms with E-state index in [2.05, 4.69) is 51.2 Å². The molecule has 0 radical (unpaired) electrons. The summed E-state index contributed by atoms with van der Waals surface area (Å²) >= 11 is 0. The van der Waals surface area contributed by atoms with Crippen molar-refractivity contribution in [2.45, 2.75) is 52.5 Å². The smallest absolute Gasteiger partial charge is 0.123 e. The molecule has 1 rings (SSSR count). The van der Waals surface area contributed by atoms with Gasteiger partial charge in [-0.05, 0) is 49.4 Å². The number of hydrogen-bond acceptors (Lipinski definition) is 3. The highest BCUT2D eigenvalue weighted by Gasteiger charge is 2.10. The molecule has 0 saturated heterocycles. The van der Waals surface area contributed by atoms with E-state index in [0.29, 0.717) is 12.5 Å². The standard InChI is InChI=1S/C17H29NO2/c1-5-9-18-15(12-19)8-10-20-17-11-14(4)6-7-16(17)13(2)3/h6-7,11,13,15,18-19H,5,8-10,12H2,1-4H3. The maximum Gasteiger partial charge on any atom is 0.123 e. The van der Waals surface area contributed by atoms with Crippen LogP contribution in [0.25, 0.3) is 0 Å². The minimum absolute atomic E-state index is 0.127. The summed E-state index contributed by atoms with van der Waals surface area (Å²) in [5.74, 6) is 1.43. The Bertz CT molecular complexity index is 391. The highest BCUT2D eigenvalue weighted by molar-refractivity contribution is 5.39. The van der Waals surface area contributed by atoms with Gasteiger partial charge in [-0.25, -0.2) is 0 Å². The third kappa shape index (κ3) is 5.51. The van der Waals surface area contributed by atoms with Gasteiger partial charge in [0, 0.05) is 6.04 Å². The summed E-state index contributed by atoms with van der Waals surface area (Å²) in [7, 11) is 0. The van der Waals surface area contributed by atoms with E-state index in [4.69, 9.17) is 4.74 Å². The molecule has 0 aliphatic carbocycles. The number of aryl methyl sites for hydroxylation is 1. The number of aliphatic hydroxyl groups excluding tert-OH is 1. The first-order chi connectivity index (χ1) is 9.58. The van der Waals surface area contributed by atoms with Crippen LogP contribution in [0.1, 0.15) is 50.7 Å². The molecule has 1 unspecified atom stereocenters. The Labute approximate surface area is 123 Å². The molecule has 0 spiro atoms. The fourth-order valence-corrected chi connectivity index (χ4v) is 2.16. The molecule has 0 aromatic heterocycles. The fraction of sp³-hybridized carbons (Fsp3) is 0.647. The van der Waals surface area contributed by atoms with Gasteiger partial charge in [0.05, 0.1) is 13.2 Å². The van der Waals surface area contributed by atoms with E-state index in [0.717, 1.165) is 25.1 Å². The lowest BCUT2D eigenvalue weighted by molar-refractivity contribution is 0.208. The van der Waals surface area contributed by atoms with Crippen LogP contribution < -0.4 is 10.1 Å². The van der Waals surface area contributed by atoms with Gasteiger partial charge in [0.25, 0.3) is 0 Å². The van der Waals surface area contributed by atoms with Crippen LogP contribution in [0.2, 0.25) is 0 Å². The molecule has 2 N–H and O–H groups in total. The monoisotopic (exact) mass is 279 g/mol.